The smallest absolute Gasteiger partial charge is 0.352 e. The van der Waals surface area contributed by atoms with Gasteiger partial charge in [0.1, 0.15) is 29.9 Å². The maximum absolute atomic E-state index is 12.8. The zero-order valence-electron chi connectivity index (χ0n) is 16.4. The van der Waals surface area contributed by atoms with Crippen molar-refractivity contribution in [1.29, 1.82) is 0 Å². The number of anilines is 1. The Morgan fingerprint density at radius 3 is 2.91 bits per heavy atom. The number of thioether (sulfide) groups is 2. The molecule has 4 N–H and O–H groups in total. The first kappa shape index (κ1) is 22.6. The number of aromatic nitrogens is 2. The second-order valence-corrected chi connectivity index (χ2v) is 10.6. The summed E-state index contributed by atoms with van der Waals surface area (Å²) in [6.45, 7) is 0. The number of nitrogens with two attached hydrogens (primary N) is 1. The number of carboxylic acid groups (broad SMARTS) is 1. The quantitative estimate of drug-likeness (QED) is 0.202. The SMILES string of the molecule is CON=C(C(=O)NC1C(=O)N2C(C(=O)O)=C(CSc3cncs3)CS[C@@H]12)c1csc(N)n1. The molecule has 0 bridgehead atoms. The Bertz CT molecular complexity index is 1110. The number of amides is 2. The van der Waals surface area contributed by atoms with Crippen LogP contribution in [0.2, 0.25) is 0 Å². The van der Waals surface area contributed by atoms with Crippen LogP contribution in [0.25, 0.3) is 0 Å². The van der Waals surface area contributed by atoms with E-state index in [1.807, 2.05) is 0 Å². The molecule has 32 heavy (non-hydrogen) atoms. The molecular formula is C17H16N6O5S4. The molecule has 2 aromatic rings. The van der Waals surface area contributed by atoms with E-state index in [2.05, 4.69) is 20.4 Å². The van der Waals surface area contributed by atoms with Gasteiger partial charge < -0.3 is 21.0 Å². The number of carbonyl (C=O) groups is 3. The van der Waals surface area contributed by atoms with Crippen molar-refractivity contribution in [2.45, 2.75) is 15.6 Å². The summed E-state index contributed by atoms with van der Waals surface area (Å²) in [5.41, 5.74) is 8.05. The summed E-state index contributed by atoms with van der Waals surface area (Å²) in [6, 6.07) is -0.893. The summed E-state index contributed by atoms with van der Waals surface area (Å²) in [5, 5.41) is 17.4. The molecule has 0 saturated carbocycles. The van der Waals surface area contributed by atoms with Crippen molar-refractivity contribution >= 4 is 74.8 Å². The van der Waals surface area contributed by atoms with Crippen molar-refractivity contribution < 1.29 is 24.3 Å². The van der Waals surface area contributed by atoms with Gasteiger partial charge in [-0.1, -0.05) is 5.16 Å². The fraction of sp³-hybridized carbons (Fsp3) is 0.294. The van der Waals surface area contributed by atoms with Crippen LogP contribution in [0.4, 0.5) is 5.13 Å². The average Bonchev–Trinajstić information content (AvgIpc) is 3.45. The van der Waals surface area contributed by atoms with Crippen LogP contribution < -0.4 is 11.1 Å². The molecule has 0 radical (unpaired) electrons. The molecule has 2 amide bonds. The lowest BCUT2D eigenvalue weighted by molar-refractivity contribution is -0.150. The van der Waals surface area contributed by atoms with E-state index in [9.17, 15) is 19.5 Å². The fourth-order valence-electron chi connectivity index (χ4n) is 3.13. The number of rotatable bonds is 8. The molecule has 1 fully saturated rings. The third kappa shape index (κ3) is 4.32. The van der Waals surface area contributed by atoms with Gasteiger partial charge in [-0.05, 0) is 5.57 Å². The normalized spacial score (nSPS) is 20.6. The van der Waals surface area contributed by atoms with Gasteiger partial charge in [-0.25, -0.2) is 9.78 Å². The highest BCUT2D eigenvalue weighted by molar-refractivity contribution is 8.02. The minimum absolute atomic E-state index is 0.0284. The van der Waals surface area contributed by atoms with Gasteiger partial charge in [-0.15, -0.1) is 46.2 Å². The third-order valence-corrected chi connectivity index (χ3v) is 8.60. The maximum atomic E-state index is 12.8. The summed E-state index contributed by atoms with van der Waals surface area (Å²) in [4.78, 5) is 51.5. The Morgan fingerprint density at radius 2 is 2.28 bits per heavy atom. The average molecular weight is 513 g/mol. The molecule has 0 aromatic carbocycles. The Kier molecular flexibility index (Phi) is 6.68. The maximum Gasteiger partial charge on any atom is 0.352 e. The Morgan fingerprint density at radius 1 is 1.47 bits per heavy atom. The van der Waals surface area contributed by atoms with Crippen LogP contribution in [0.15, 0.2) is 37.7 Å². The summed E-state index contributed by atoms with van der Waals surface area (Å²) >= 11 is 5.47. The van der Waals surface area contributed by atoms with Crippen molar-refractivity contribution in [3.05, 3.63) is 34.1 Å². The number of β-lactam (4-membered cyclic amide) rings is 1. The van der Waals surface area contributed by atoms with E-state index in [1.165, 1.54) is 46.9 Å². The van der Waals surface area contributed by atoms with Crippen LogP contribution in [0.5, 0.6) is 0 Å². The second kappa shape index (κ2) is 9.48. The summed E-state index contributed by atoms with van der Waals surface area (Å²) in [6.07, 6.45) is 1.71. The van der Waals surface area contributed by atoms with Gasteiger partial charge >= 0.3 is 5.97 Å². The number of nitrogens with zero attached hydrogens (tertiary/aromatic N) is 4. The van der Waals surface area contributed by atoms with E-state index in [-0.39, 0.29) is 22.2 Å². The molecular weight excluding hydrogens is 496 g/mol. The minimum Gasteiger partial charge on any atom is -0.477 e. The van der Waals surface area contributed by atoms with Gasteiger partial charge in [0.05, 0.1) is 15.9 Å². The van der Waals surface area contributed by atoms with E-state index < -0.39 is 29.2 Å². The predicted octanol–water partition coefficient (Wildman–Crippen LogP) is 1.06. The van der Waals surface area contributed by atoms with Gasteiger partial charge in [0, 0.05) is 16.9 Å². The van der Waals surface area contributed by atoms with Crippen LogP contribution >= 0.6 is 46.2 Å². The highest BCUT2D eigenvalue weighted by Crippen LogP contribution is 2.41. The zero-order chi connectivity index (χ0) is 22.8. The molecule has 168 valence electrons. The third-order valence-electron chi connectivity index (χ3n) is 4.50. The van der Waals surface area contributed by atoms with Crippen LogP contribution in [0.1, 0.15) is 5.69 Å². The van der Waals surface area contributed by atoms with E-state index in [0.29, 0.717) is 17.1 Å². The number of carboxylic acids is 1. The van der Waals surface area contributed by atoms with Crippen LogP contribution in [0, 0.1) is 0 Å². The Hall–Kier alpha value is -2.62. The van der Waals surface area contributed by atoms with E-state index in [0.717, 1.165) is 15.5 Å². The van der Waals surface area contributed by atoms with Gasteiger partial charge in [0.2, 0.25) is 0 Å². The summed E-state index contributed by atoms with van der Waals surface area (Å²) in [5.74, 6) is -1.48. The largest absolute Gasteiger partial charge is 0.477 e. The van der Waals surface area contributed by atoms with E-state index in [1.54, 1.807) is 17.1 Å². The molecule has 4 heterocycles. The van der Waals surface area contributed by atoms with Crippen molar-refractivity contribution in [3.8, 4) is 0 Å². The molecule has 4 rings (SSSR count). The number of hydrogen-bond donors (Lipinski definition) is 3. The summed E-state index contributed by atoms with van der Waals surface area (Å²) in [7, 11) is 1.28. The second-order valence-electron chi connectivity index (χ2n) is 6.42. The molecule has 15 heteroatoms. The Labute approximate surface area is 198 Å². The van der Waals surface area contributed by atoms with Crippen molar-refractivity contribution in [1.82, 2.24) is 20.2 Å². The van der Waals surface area contributed by atoms with Gasteiger partial charge in [-0.3, -0.25) is 19.5 Å². The fourth-order valence-corrected chi connectivity index (χ4v) is 6.77. The topological polar surface area (TPSA) is 160 Å². The number of nitrogen functional groups attached to an aromatic ring is 1. The molecule has 1 saturated heterocycles. The molecule has 0 spiro atoms. The molecule has 2 atom stereocenters. The van der Waals surface area contributed by atoms with Gasteiger partial charge in [0.25, 0.3) is 11.8 Å². The number of fused-ring (bicyclic) bond motifs is 1. The molecule has 2 aliphatic rings. The first-order valence-electron chi connectivity index (χ1n) is 8.95. The van der Waals surface area contributed by atoms with Crippen LogP contribution in [-0.4, -0.2) is 73.5 Å². The zero-order valence-corrected chi connectivity index (χ0v) is 19.6. The van der Waals surface area contributed by atoms with Gasteiger partial charge in [-0.2, -0.15) is 0 Å². The number of aliphatic carboxylic acids is 1. The highest BCUT2D eigenvalue weighted by atomic mass is 32.2. The van der Waals surface area contributed by atoms with Crippen molar-refractivity contribution in [3.63, 3.8) is 0 Å². The first-order chi connectivity index (χ1) is 15.4. The van der Waals surface area contributed by atoms with Crippen LogP contribution in [-0.2, 0) is 19.2 Å². The van der Waals surface area contributed by atoms with Gasteiger partial charge in [0.15, 0.2) is 10.8 Å². The van der Waals surface area contributed by atoms with Crippen molar-refractivity contribution in [2.75, 3.05) is 24.3 Å². The molecule has 1 unspecified atom stereocenters. The minimum atomic E-state index is -1.17. The molecule has 2 aliphatic heterocycles. The molecule has 2 aromatic heterocycles. The first-order valence-corrected chi connectivity index (χ1v) is 12.7. The lowest BCUT2D eigenvalue weighted by Crippen LogP contribution is -2.71. The highest BCUT2D eigenvalue weighted by Gasteiger charge is 2.54. The number of oxime groups is 1. The predicted molar refractivity (Wildman–Crippen MR) is 123 cm³/mol. The number of thiazole rings is 2. The number of hydrogen-bond acceptors (Lipinski definition) is 12. The Balaban J connectivity index is 1.49. The summed E-state index contributed by atoms with van der Waals surface area (Å²) < 4.78 is 0.960. The lowest BCUT2D eigenvalue weighted by Gasteiger charge is -2.49. The molecule has 0 aliphatic carbocycles. The van der Waals surface area contributed by atoms with Crippen molar-refractivity contribution in [2.24, 2.45) is 5.16 Å². The monoisotopic (exact) mass is 512 g/mol. The van der Waals surface area contributed by atoms with Crippen LogP contribution in [0.3, 0.4) is 0 Å². The standard InChI is InChI=1S/C17H16N6O5S4/c1-28-22-10(8-5-31-17(18)20-8)13(24)21-11-14(25)23-12(16(26)27)7(4-30-15(11)23)3-29-9-2-19-6-32-9/h2,5-6,11,15H,3-4H2,1H3,(H2,18,20)(H,21,24)(H,26,27)/t11?,15-/m0/s1. The van der Waals surface area contributed by atoms with E-state index in [4.69, 9.17) is 10.6 Å². The number of carbonyl (C=O) groups excluding carboxylic acids is 2. The van der Waals surface area contributed by atoms with E-state index >= 15 is 0 Å². The number of nitrogens with one attached hydrogen (secondary N) is 1. The lowest BCUT2D eigenvalue weighted by atomic mass is 10.0. The molecule has 11 nitrogen and oxygen atoms in total.